The highest BCUT2D eigenvalue weighted by Gasteiger charge is 2.52. The molecule has 1 aliphatic heterocycles. The minimum absolute atomic E-state index is 0.146. The number of hydrogen-bond acceptors (Lipinski definition) is 8. The van der Waals surface area contributed by atoms with E-state index in [1.807, 2.05) is 36.7 Å². The second-order valence-electron chi connectivity index (χ2n) is 23.8. The van der Waals surface area contributed by atoms with Crippen LogP contribution in [0.1, 0.15) is 149 Å². The molecule has 0 unspecified atom stereocenters. The van der Waals surface area contributed by atoms with Gasteiger partial charge in [-0.3, -0.25) is 15.0 Å². The molecule has 15 heteroatoms. The van der Waals surface area contributed by atoms with Crippen molar-refractivity contribution in [2.24, 2.45) is 0 Å². The Hall–Kier alpha value is -0.784. The lowest BCUT2D eigenvalue weighted by Crippen LogP contribution is -2.47. The third-order valence-electron chi connectivity index (χ3n) is 13.0. The first-order chi connectivity index (χ1) is 27.7. The SMILES string of the molecule is CC(C)(C)[Si](C)(C)Cl.CC(C)(O)c1cc(Br)ccn1.CC(C)(O[Si](C)(C)C(C)(C)C)c1cc(B2OC(C)(C)C(C)(C)O2)ccn1.CC(C)(O[Si](C)(C)C(C)(C)C)c1cc(Br)ccn1. The van der Waals surface area contributed by atoms with Crippen molar-refractivity contribution in [2.75, 3.05) is 0 Å². The lowest BCUT2D eigenvalue weighted by molar-refractivity contribution is 0.00578. The van der Waals surface area contributed by atoms with Crippen LogP contribution in [0.4, 0.5) is 0 Å². The van der Waals surface area contributed by atoms with Gasteiger partial charge in [0.25, 0.3) is 0 Å². The van der Waals surface area contributed by atoms with Gasteiger partial charge < -0.3 is 23.3 Å². The topological polar surface area (TPSA) is 95.8 Å². The van der Waals surface area contributed by atoms with E-state index in [0.717, 1.165) is 25.8 Å². The van der Waals surface area contributed by atoms with Crippen molar-refractivity contribution in [3.05, 3.63) is 81.0 Å². The van der Waals surface area contributed by atoms with Crippen LogP contribution in [0.2, 0.25) is 54.4 Å². The van der Waals surface area contributed by atoms with Crippen LogP contribution in [0.5, 0.6) is 0 Å². The van der Waals surface area contributed by atoms with Gasteiger partial charge in [-0.25, -0.2) is 0 Å². The Balaban J connectivity index is 0.000000463. The number of hydrogen-bond donors (Lipinski definition) is 1. The van der Waals surface area contributed by atoms with Crippen LogP contribution in [0.25, 0.3) is 0 Å². The molecule has 1 N–H and O–H groups in total. The van der Waals surface area contributed by atoms with Gasteiger partial charge in [-0.15, -0.1) is 0 Å². The summed E-state index contributed by atoms with van der Waals surface area (Å²) >= 11 is 12.9. The molecule has 0 atom stereocenters. The van der Waals surface area contributed by atoms with Crippen LogP contribution in [0.15, 0.2) is 63.9 Å². The highest BCUT2D eigenvalue weighted by atomic mass is 79.9. The molecule has 1 fully saturated rings. The molecule has 4 rings (SSSR count). The predicted octanol–water partition coefficient (Wildman–Crippen LogP) is 15.0. The van der Waals surface area contributed by atoms with Crippen molar-refractivity contribution in [1.29, 1.82) is 0 Å². The fraction of sp³-hybridized carbons (Fsp3) is 0.688. The maximum absolute atomic E-state index is 9.53. The highest BCUT2D eigenvalue weighted by molar-refractivity contribution is 9.10. The van der Waals surface area contributed by atoms with Crippen LogP contribution in [-0.4, -0.2) is 62.4 Å². The molecule has 0 bridgehead atoms. The van der Waals surface area contributed by atoms with Gasteiger partial charge in [0, 0.05) is 27.5 Å². The van der Waals surface area contributed by atoms with Crippen molar-refractivity contribution in [3.8, 4) is 0 Å². The molecule has 358 valence electrons. The Morgan fingerprint density at radius 2 is 0.857 bits per heavy atom. The quantitative estimate of drug-likeness (QED) is 0.176. The second-order valence-corrected chi connectivity index (χ2v) is 42.4. The van der Waals surface area contributed by atoms with Crippen LogP contribution in [0.3, 0.4) is 0 Å². The third kappa shape index (κ3) is 18.0. The second kappa shape index (κ2) is 21.2. The number of aliphatic hydroxyl groups is 1. The zero-order valence-corrected chi connectivity index (χ0v) is 50.8. The molecule has 3 aromatic rings. The van der Waals surface area contributed by atoms with Crippen molar-refractivity contribution in [2.45, 2.75) is 214 Å². The molecular formula is C48H85BBr2ClN3O5Si3. The van der Waals surface area contributed by atoms with E-state index in [2.05, 4.69) is 210 Å². The average Bonchev–Trinajstić information content (AvgIpc) is 3.28. The van der Waals surface area contributed by atoms with Crippen LogP contribution < -0.4 is 5.46 Å². The van der Waals surface area contributed by atoms with Gasteiger partial charge in [0.2, 0.25) is 0 Å². The summed E-state index contributed by atoms with van der Waals surface area (Å²) in [5.74, 6) is 0. The van der Waals surface area contributed by atoms with E-state index in [0.29, 0.717) is 10.7 Å². The molecule has 0 aromatic carbocycles. The van der Waals surface area contributed by atoms with E-state index < -0.39 is 35.2 Å². The first-order valence-corrected chi connectivity index (χ1v) is 33.5. The largest absolute Gasteiger partial charge is 0.494 e. The molecular weight excluding hydrogens is 989 g/mol. The van der Waals surface area contributed by atoms with E-state index in [1.165, 1.54) is 0 Å². The number of halogens is 3. The number of aromatic nitrogens is 3. The van der Waals surface area contributed by atoms with Gasteiger partial charge in [-0.2, -0.15) is 11.1 Å². The fourth-order valence-corrected chi connectivity index (χ4v) is 9.10. The Labute approximate surface area is 410 Å². The van der Waals surface area contributed by atoms with E-state index in [9.17, 15) is 5.11 Å². The van der Waals surface area contributed by atoms with Crippen LogP contribution >= 0.6 is 42.9 Å². The van der Waals surface area contributed by atoms with Gasteiger partial charge in [0.15, 0.2) is 24.0 Å². The van der Waals surface area contributed by atoms with Gasteiger partial charge in [-0.05, 0) is 152 Å². The van der Waals surface area contributed by atoms with Crippen LogP contribution in [-0.2, 0) is 35.0 Å². The van der Waals surface area contributed by atoms with E-state index >= 15 is 0 Å². The average molecular weight is 1070 g/mol. The van der Waals surface area contributed by atoms with Crippen molar-refractivity contribution in [3.63, 3.8) is 0 Å². The first kappa shape index (κ1) is 60.2. The van der Waals surface area contributed by atoms with Crippen molar-refractivity contribution < 1.29 is 23.3 Å². The Kier molecular flexibility index (Phi) is 20.3. The zero-order valence-electron chi connectivity index (χ0n) is 43.8. The summed E-state index contributed by atoms with van der Waals surface area (Å²) in [4.78, 5) is 13.1. The molecule has 8 nitrogen and oxygen atoms in total. The first-order valence-electron chi connectivity index (χ1n) is 22.1. The molecule has 1 aliphatic rings. The number of pyridine rings is 3. The molecule has 0 saturated carbocycles. The lowest BCUT2D eigenvalue weighted by atomic mass is 9.78. The van der Waals surface area contributed by atoms with Crippen molar-refractivity contribution >= 4 is 79.5 Å². The molecule has 1 saturated heterocycles. The van der Waals surface area contributed by atoms with Crippen LogP contribution in [0, 0.1) is 0 Å². The maximum Gasteiger partial charge on any atom is 0.494 e. The van der Waals surface area contributed by atoms with E-state index in [1.54, 1.807) is 26.1 Å². The number of nitrogens with zero attached hydrogens (tertiary/aromatic N) is 3. The lowest BCUT2D eigenvalue weighted by Gasteiger charge is -2.42. The summed E-state index contributed by atoms with van der Waals surface area (Å²) in [6.07, 6.45) is 5.31. The summed E-state index contributed by atoms with van der Waals surface area (Å²) < 4.78 is 27.5. The Morgan fingerprint density at radius 1 is 0.556 bits per heavy atom. The fourth-order valence-electron chi connectivity index (χ4n) is 5.06. The summed E-state index contributed by atoms with van der Waals surface area (Å²) in [5.41, 5.74) is 1.16. The number of rotatable bonds is 8. The molecule has 0 aliphatic carbocycles. The summed E-state index contributed by atoms with van der Waals surface area (Å²) in [7, 11) is -5.49. The zero-order chi connectivity index (χ0) is 49.9. The van der Waals surface area contributed by atoms with E-state index in [-0.39, 0.29) is 34.0 Å². The molecule has 4 heterocycles. The third-order valence-corrected chi connectivity index (χ3v) is 28.6. The summed E-state index contributed by atoms with van der Waals surface area (Å²) in [6.45, 7) is 53.7. The maximum atomic E-state index is 9.53. The standard InChI is InChI=1S/C20H36BNO3Si.C14H24BrNOSi.C8H10BrNO.C6H15ClSi/c1-17(2,3)26(10,11)25-18(4,5)16-14-15(12-13-22-16)21-23-19(6,7)20(8,9)24-21;1-13(2,3)18(6,7)17-14(4,5)12-10-11(15)8-9-16-12;1-8(2,11)7-5-6(9)3-4-10-7;1-6(2,3)8(4,5)7/h12-14H,1-11H3;8-10H,1-7H3;3-5,11H,1-2H3;1-5H3. The normalized spacial score (nSPS) is 16.2. The molecule has 0 spiro atoms. The van der Waals surface area contributed by atoms with Gasteiger partial charge >= 0.3 is 7.12 Å². The minimum atomic E-state index is -1.92. The van der Waals surface area contributed by atoms with Gasteiger partial charge in [0.05, 0.1) is 39.5 Å². The summed E-state index contributed by atoms with van der Waals surface area (Å²) in [5, 5.41) is 10.2. The molecule has 63 heavy (non-hydrogen) atoms. The Morgan fingerprint density at radius 3 is 1.14 bits per heavy atom. The molecule has 3 aromatic heterocycles. The predicted molar refractivity (Wildman–Crippen MR) is 285 cm³/mol. The van der Waals surface area contributed by atoms with Crippen molar-refractivity contribution in [1.82, 2.24) is 15.0 Å². The summed E-state index contributed by atoms with van der Waals surface area (Å²) in [6, 6.07) is 11.6. The van der Waals surface area contributed by atoms with E-state index in [4.69, 9.17) is 29.2 Å². The molecule has 0 amide bonds. The Bertz CT molecular complexity index is 1900. The van der Waals surface area contributed by atoms with Gasteiger partial charge in [-0.1, -0.05) is 107 Å². The molecule has 0 radical (unpaired) electrons. The minimum Gasteiger partial charge on any atom is -0.406 e. The smallest absolute Gasteiger partial charge is 0.406 e. The highest BCUT2D eigenvalue weighted by Crippen LogP contribution is 2.43. The van der Waals surface area contributed by atoms with Gasteiger partial charge in [0.1, 0.15) is 5.60 Å². The monoisotopic (exact) mass is 1070 g/mol.